The number of hydrogen-bond acceptors (Lipinski definition) is 3. The van der Waals surface area contributed by atoms with Crippen LogP contribution in [0.2, 0.25) is 0 Å². The number of benzene rings is 1. The first kappa shape index (κ1) is 11.4. The monoisotopic (exact) mass is 225 g/mol. The van der Waals surface area contributed by atoms with Crippen LogP contribution in [0.5, 0.6) is 5.75 Å². The molecule has 2 rings (SSSR count). The summed E-state index contributed by atoms with van der Waals surface area (Å²) in [5, 5.41) is 0. The number of fused-ring (bicyclic) bond motifs is 1. The summed E-state index contributed by atoms with van der Waals surface area (Å²) in [5.41, 5.74) is 1.69. The molecule has 0 bridgehead atoms. The molecule has 0 saturated carbocycles. The van der Waals surface area contributed by atoms with E-state index in [1.54, 1.807) is 0 Å². The predicted molar refractivity (Wildman–Crippen MR) is 58.7 cm³/mol. The Kier molecular flexibility index (Phi) is 3.41. The average Bonchev–Trinajstić information content (AvgIpc) is 2.28. The second-order valence-electron chi connectivity index (χ2n) is 3.99. The van der Waals surface area contributed by atoms with E-state index < -0.39 is 0 Å². The summed E-state index contributed by atoms with van der Waals surface area (Å²) in [6, 6.07) is 3.01. The fraction of sp³-hybridized carbons (Fsp3) is 0.500. The molecule has 0 spiro atoms. The number of nitrogens with zero attached hydrogens (tertiary/aromatic N) is 1. The lowest BCUT2D eigenvalue weighted by Crippen LogP contribution is -2.20. The fourth-order valence-electron chi connectivity index (χ4n) is 1.78. The summed E-state index contributed by atoms with van der Waals surface area (Å²) in [4.78, 5) is 2.11. The van der Waals surface area contributed by atoms with Gasteiger partial charge in [-0.25, -0.2) is 4.39 Å². The van der Waals surface area contributed by atoms with Crippen LogP contribution < -0.4 is 4.74 Å². The van der Waals surface area contributed by atoms with Gasteiger partial charge in [0.2, 0.25) is 0 Å². The van der Waals surface area contributed by atoms with Gasteiger partial charge in [0.15, 0.2) is 6.79 Å². The zero-order valence-corrected chi connectivity index (χ0v) is 9.62. The molecule has 1 heterocycles. The molecule has 4 heteroatoms. The summed E-state index contributed by atoms with van der Waals surface area (Å²) in [5.74, 6) is 0.556. The largest absolute Gasteiger partial charge is 0.467 e. The number of ether oxygens (including phenoxy) is 2. The van der Waals surface area contributed by atoms with Crippen molar-refractivity contribution < 1.29 is 13.9 Å². The maximum Gasteiger partial charge on any atom is 0.189 e. The van der Waals surface area contributed by atoms with Gasteiger partial charge < -0.3 is 14.4 Å². The van der Waals surface area contributed by atoms with E-state index in [-0.39, 0.29) is 12.6 Å². The number of halogens is 1. The van der Waals surface area contributed by atoms with E-state index in [1.165, 1.54) is 12.1 Å². The van der Waals surface area contributed by atoms with Crippen molar-refractivity contribution in [1.82, 2.24) is 4.90 Å². The Balaban J connectivity index is 2.31. The molecule has 0 radical (unpaired) electrons. The first-order valence-electron chi connectivity index (χ1n) is 5.41. The third-order valence-corrected chi connectivity index (χ3v) is 2.73. The van der Waals surface area contributed by atoms with Crippen molar-refractivity contribution in [2.24, 2.45) is 0 Å². The van der Waals surface area contributed by atoms with Crippen molar-refractivity contribution in [2.45, 2.75) is 20.1 Å². The predicted octanol–water partition coefficient (Wildman–Crippen LogP) is 2.14. The van der Waals surface area contributed by atoms with E-state index in [0.717, 1.165) is 23.4 Å². The third kappa shape index (κ3) is 2.33. The van der Waals surface area contributed by atoms with Crippen LogP contribution in [0.15, 0.2) is 12.1 Å². The summed E-state index contributed by atoms with van der Waals surface area (Å²) in [7, 11) is 2.00. The molecule has 0 unspecified atom stereocenters. The van der Waals surface area contributed by atoms with Crippen LogP contribution in [0, 0.1) is 5.82 Å². The zero-order chi connectivity index (χ0) is 11.5. The van der Waals surface area contributed by atoms with E-state index in [2.05, 4.69) is 11.8 Å². The maximum absolute atomic E-state index is 13.4. The van der Waals surface area contributed by atoms with Gasteiger partial charge in [-0.3, -0.25) is 0 Å². The molecular weight excluding hydrogens is 209 g/mol. The Bertz CT molecular complexity index is 382. The highest BCUT2D eigenvalue weighted by Crippen LogP contribution is 2.30. The molecular formula is C12H16FNO2. The second kappa shape index (κ2) is 4.80. The molecule has 0 N–H and O–H groups in total. The smallest absolute Gasteiger partial charge is 0.189 e. The van der Waals surface area contributed by atoms with Gasteiger partial charge in [-0.15, -0.1) is 0 Å². The fourth-order valence-corrected chi connectivity index (χ4v) is 1.78. The normalized spacial score (nSPS) is 14.8. The molecule has 88 valence electrons. The lowest BCUT2D eigenvalue weighted by molar-refractivity contribution is -0.0176. The van der Waals surface area contributed by atoms with Crippen LogP contribution in [0.1, 0.15) is 18.1 Å². The minimum Gasteiger partial charge on any atom is -0.467 e. The first-order valence-corrected chi connectivity index (χ1v) is 5.41. The molecule has 0 fully saturated rings. The van der Waals surface area contributed by atoms with Gasteiger partial charge in [0, 0.05) is 17.7 Å². The highest BCUT2D eigenvalue weighted by Gasteiger charge is 2.17. The van der Waals surface area contributed by atoms with E-state index in [1.807, 2.05) is 7.05 Å². The Labute approximate surface area is 94.8 Å². The molecule has 1 aliphatic heterocycles. The van der Waals surface area contributed by atoms with Gasteiger partial charge in [-0.1, -0.05) is 6.92 Å². The highest BCUT2D eigenvalue weighted by molar-refractivity contribution is 5.42. The van der Waals surface area contributed by atoms with Crippen molar-refractivity contribution >= 4 is 0 Å². The molecule has 1 aliphatic rings. The van der Waals surface area contributed by atoms with Crippen molar-refractivity contribution in [3.05, 3.63) is 29.1 Å². The molecule has 0 aromatic heterocycles. The highest BCUT2D eigenvalue weighted by atomic mass is 19.1. The minimum atomic E-state index is -0.229. The van der Waals surface area contributed by atoms with Crippen molar-refractivity contribution in [3.63, 3.8) is 0 Å². The first-order chi connectivity index (χ1) is 7.70. The van der Waals surface area contributed by atoms with Crippen LogP contribution >= 0.6 is 0 Å². The Morgan fingerprint density at radius 3 is 3.00 bits per heavy atom. The summed E-state index contributed by atoms with van der Waals surface area (Å²) >= 11 is 0. The lowest BCUT2D eigenvalue weighted by Gasteiger charge is -2.23. The van der Waals surface area contributed by atoms with Gasteiger partial charge in [0.05, 0.1) is 6.61 Å². The van der Waals surface area contributed by atoms with Gasteiger partial charge in [0.1, 0.15) is 11.6 Å². The topological polar surface area (TPSA) is 21.7 Å². The Hall–Kier alpha value is -1.13. The van der Waals surface area contributed by atoms with Crippen LogP contribution in [0.4, 0.5) is 4.39 Å². The quantitative estimate of drug-likeness (QED) is 0.786. The van der Waals surface area contributed by atoms with Crippen LogP contribution in [0.3, 0.4) is 0 Å². The number of hydrogen-bond donors (Lipinski definition) is 0. The van der Waals surface area contributed by atoms with Gasteiger partial charge in [0.25, 0.3) is 0 Å². The van der Waals surface area contributed by atoms with Gasteiger partial charge >= 0.3 is 0 Å². The molecule has 3 nitrogen and oxygen atoms in total. The minimum absolute atomic E-state index is 0.229. The summed E-state index contributed by atoms with van der Waals surface area (Å²) in [6.45, 7) is 4.35. The molecule has 1 aromatic rings. The molecule has 0 atom stereocenters. The van der Waals surface area contributed by atoms with Crippen LogP contribution in [-0.4, -0.2) is 25.3 Å². The lowest BCUT2D eigenvalue weighted by atomic mass is 10.1. The van der Waals surface area contributed by atoms with E-state index in [4.69, 9.17) is 9.47 Å². The second-order valence-corrected chi connectivity index (χ2v) is 3.99. The Morgan fingerprint density at radius 1 is 1.44 bits per heavy atom. The van der Waals surface area contributed by atoms with Crippen LogP contribution in [-0.2, 0) is 17.9 Å². The summed E-state index contributed by atoms with van der Waals surface area (Å²) < 4.78 is 24.0. The molecule has 1 aromatic carbocycles. The SMILES string of the molecule is CCN(C)Cc1cc(F)cc2c1OCOC2. The molecule has 16 heavy (non-hydrogen) atoms. The van der Waals surface area contributed by atoms with Crippen LogP contribution in [0.25, 0.3) is 0 Å². The maximum atomic E-state index is 13.4. The van der Waals surface area contributed by atoms with E-state index >= 15 is 0 Å². The van der Waals surface area contributed by atoms with Gasteiger partial charge in [-0.2, -0.15) is 0 Å². The average molecular weight is 225 g/mol. The van der Waals surface area contributed by atoms with E-state index in [0.29, 0.717) is 13.2 Å². The van der Waals surface area contributed by atoms with Crippen molar-refractivity contribution in [1.29, 1.82) is 0 Å². The molecule has 0 saturated heterocycles. The standard InChI is InChI=1S/C12H16FNO2/c1-3-14(2)6-9-4-11(13)5-10-7-15-8-16-12(9)10/h4-5H,3,6-8H2,1-2H3. The zero-order valence-electron chi connectivity index (χ0n) is 9.62. The van der Waals surface area contributed by atoms with Crippen molar-refractivity contribution in [2.75, 3.05) is 20.4 Å². The summed E-state index contributed by atoms with van der Waals surface area (Å²) in [6.07, 6.45) is 0. The number of rotatable bonds is 3. The van der Waals surface area contributed by atoms with E-state index in [9.17, 15) is 4.39 Å². The van der Waals surface area contributed by atoms with Crippen molar-refractivity contribution in [3.8, 4) is 5.75 Å². The van der Waals surface area contributed by atoms with Gasteiger partial charge in [-0.05, 0) is 25.7 Å². The molecule has 0 amide bonds. The molecule has 0 aliphatic carbocycles. The third-order valence-electron chi connectivity index (χ3n) is 2.73. The Morgan fingerprint density at radius 2 is 2.25 bits per heavy atom.